The molecule has 0 aliphatic carbocycles. The topological polar surface area (TPSA) is 23.9 Å². The van der Waals surface area contributed by atoms with Crippen LogP contribution in [0.1, 0.15) is 5.56 Å². The van der Waals surface area contributed by atoms with E-state index in [0.29, 0.717) is 4.62 Å². The van der Waals surface area contributed by atoms with Crippen molar-refractivity contribution in [2.24, 2.45) is 0 Å². The highest BCUT2D eigenvalue weighted by molar-refractivity contribution is 9.18. The van der Waals surface area contributed by atoms with E-state index in [2.05, 4.69) is 28.6 Å². The number of rotatable bonds is 1. The van der Waals surface area contributed by atoms with E-state index in [1.165, 1.54) is 0 Å². The Morgan fingerprint density at radius 3 is 2.40 bits per heavy atom. The van der Waals surface area contributed by atoms with Gasteiger partial charge in [0.25, 0.3) is 0 Å². The molecule has 0 spiro atoms. The van der Waals surface area contributed by atoms with Crippen LogP contribution in [0.15, 0.2) is 29.2 Å². The van der Waals surface area contributed by atoms with Gasteiger partial charge in [0.1, 0.15) is 4.62 Å². The molecule has 1 aromatic rings. The molecule has 0 fully saturated rings. The summed E-state index contributed by atoms with van der Waals surface area (Å²) in [7, 11) is 0. The van der Waals surface area contributed by atoms with Crippen molar-refractivity contribution in [3.05, 3.63) is 29.8 Å². The van der Waals surface area contributed by atoms with Gasteiger partial charge < -0.3 is 0 Å². The van der Waals surface area contributed by atoms with Crippen molar-refractivity contribution in [2.75, 3.05) is 0 Å². The monoisotopic (exact) mass is 215 g/mol. The third kappa shape index (κ3) is 1.61. The average Bonchev–Trinajstić information content (AvgIpc) is 1.88. The number of nitrogens with one attached hydrogen (secondary N) is 1. The summed E-state index contributed by atoms with van der Waals surface area (Å²) >= 11 is 7.23. The summed E-state index contributed by atoms with van der Waals surface area (Å²) in [6.07, 6.45) is 0. The number of hydrogen-bond acceptors (Lipinski definition) is 2. The van der Waals surface area contributed by atoms with Gasteiger partial charge in [0.05, 0.1) is 0 Å². The summed E-state index contributed by atoms with van der Waals surface area (Å²) < 4.78 is 0.373. The smallest absolute Gasteiger partial charge is 0.105 e. The molecule has 0 unspecified atom stereocenters. The van der Waals surface area contributed by atoms with Gasteiger partial charge in [-0.15, -0.1) is 12.6 Å². The van der Waals surface area contributed by atoms with Crippen molar-refractivity contribution >= 4 is 33.2 Å². The Morgan fingerprint density at radius 2 is 2.00 bits per heavy atom. The van der Waals surface area contributed by atoms with Gasteiger partial charge in [-0.2, -0.15) is 0 Å². The lowest BCUT2D eigenvalue weighted by Crippen LogP contribution is -1.88. The van der Waals surface area contributed by atoms with Crippen molar-refractivity contribution in [1.29, 1.82) is 5.41 Å². The quantitative estimate of drug-likeness (QED) is 0.532. The fraction of sp³-hybridized carbons (Fsp3) is 0. The maximum absolute atomic E-state index is 7.24. The zero-order valence-corrected chi connectivity index (χ0v) is 7.62. The predicted octanol–water partition coefficient (Wildman–Crippen LogP) is 2.70. The van der Waals surface area contributed by atoms with Crippen LogP contribution in [0.4, 0.5) is 0 Å². The SMILES string of the molecule is N=C(Br)c1ccccc1S. The second kappa shape index (κ2) is 3.21. The average molecular weight is 216 g/mol. The largest absolute Gasteiger partial charge is 0.293 e. The maximum atomic E-state index is 7.24. The van der Waals surface area contributed by atoms with E-state index < -0.39 is 0 Å². The van der Waals surface area contributed by atoms with E-state index in [1.54, 1.807) is 0 Å². The van der Waals surface area contributed by atoms with Crippen molar-refractivity contribution in [3.8, 4) is 0 Å². The Labute approximate surface area is 73.5 Å². The molecule has 0 aliphatic rings. The molecule has 0 atom stereocenters. The van der Waals surface area contributed by atoms with Crippen LogP contribution in [0, 0.1) is 5.41 Å². The molecule has 0 amide bonds. The summed E-state index contributed by atoms with van der Waals surface area (Å²) in [6, 6.07) is 7.47. The van der Waals surface area contributed by atoms with Crippen LogP contribution < -0.4 is 0 Å². The highest BCUT2D eigenvalue weighted by Gasteiger charge is 1.98. The van der Waals surface area contributed by atoms with E-state index >= 15 is 0 Å². The second-order valence-corrected chi connectivity index (χ2v) is 3.11. The van der Waals surface area contributed by atoms with E-state index in [4.69, 9.17) is 5.41 Å². The molecule has 1 nitrogen and oxygen atoms in total. The highest BCUT2D eigenvalue weighted by atomic mass is 79.9. The van der Waals surface area contributed by atoms with Gasteiger partial charge >= 0.3 is 0 Å². The highest BCUT2D eigenvalue weighted by Crippen LogP contribution is 2.15. The minimum Gasteiger partial charge on any atom is -0.293 e. The lowest BCUT2D eigenvalue weighted by molar-refractivity contribution is 1.41. The lowest BCUT2D eigenvalue weighted by atomic mass is 10.2. The normalized spacial score (nSPS) is 9.40. The standard InChI is InChI=1S/C7H6BrNS/c8-7(9)5-3-1-2-4-6(5)10/h1-4,9-10H. The molecule has 1 rings (SSSR count). The van der Waals surface area contributed by atoms with Crippen LogP contribution in [0.3, 0.4) is 0 Å². The molecule has 10 heavy (non-hydrogen) atoms. The van der Waals surface area contributed by atoms with Gasteiger partial charge in [0.2, 0.25) is 0 Å². The van der Waals surface area contributed by atoms with Gasteiger partial charge in [0.15, 0.2) is 0 Å². The van der Waals surface area contributed by atoms with Gasteiger partial charge in [-0.3, -0.25) is 5.41 Å². The molecular weight excluding hydrogens is 210 g/mol. The summed E-state index contributed by atoms with van der Waals surface area (Å²) in [4.78, 5) is 0.823. The van der Waals surface area contributed by atoms with E-state index in [0.717, 1.165) is 10.5 Å². The first-order valence-corrected chi connectivity index (χ1v) is 3.98. The Balaban J connectivity index is 3.15. The molecule has 1 aromatic carbocycles. The predicted molar refractivity (Wildman–Crippen MR) is 49.4 cm³/mol. The fourth-order valence-electron chi connectivity index (χ4n) is 0.659. The zero-order valence-electron chi connectivity index (χ0n) is 5.13. The summed E-state index contributed by atoms with van der Waals surface area (Å²) in [5, 5.41) is 7.24. The first kappa shape index (κ1) is 7.82. The second-order valence-electron chi connectivity index (χ2n) is 1.83. The molecule has 52 valence electrons. The summed E-state index contributed by atoms with van der Waals surface area (Å²) in [5.41, 5.74) is 0.825. The molecule has 0 aliphatic heterocycles. The van der Waals surface area contributed by atoms with Gasteiger partial charge in [-0.05, 0) is 22.0 Å². The van der Waals surface area contributed by atoms with E-state index in [1.807, 2.05) is 24.3 Å². The summed E-state index contributed by atoms with van der Waals surface area (Å²) in [5.74, 6) is 0. The Kier molecular flexibility index (Phi) is 2.51. The first-order valence-electron chi connectivity index (χ1n) is 2.74. The molecule has 1 N–H and O–H groups in total. The third-order valence-corrected chi connectivity index (χ3v) is 1.96. The van der Waals surface area contributed by atoms with Gasteiger partial charge in [-0.1, -0.05) is 18.2 Å². The minimum absolute atomic E-state index is 0.373. The molecule has 0 saturated heterocycles. The number of halogens is 1. The van der Waals surface area contributed by atoms with Gasteiger partial charge in [-0.25, -0.2) is 0 Å². The minimum atomic E-state index is 0.373. The zero-order chi connectivity index (χ0) is 7.56. The van der Waals surface area contributed by atoms with Crippen LogP contribution in [0.5, 0.6) is 0 Å². The van der Waals surface area contributed by atoms with E-state index in [-0.39, 0.29) is 0 Å². The van der Waals surface area contributed by atoms with Gasteiger partial charge in [0, 0.05) is 10.5 Å². The fourth-order valence-corrected chi connectivity index (χ4v) is 1.43. The molecule has 0 saturated carbocycles. The van der Waals surface area contributed by atoms with Crippen LogP contribution in [-0.4, -0.2) is 4.62 Å². The van der Waals surface area contributed by atoms with Crippen molar-refractivity contribution < 1.29 is 0 Å². The van der Waals surface area contributed by atoms with Crippen LogP contribution in [0.2, 0.25) is 0 Å². The Hall–Kier alpha value is -0.280. The number of hydrogen-bond donors (Lipinski definition) is 2. The Morgan fingerprint density at radius 1 is 1.40 bits per heavy atom. The van der Waals surface area contributed by atoms with Crippen LogP contribution in [-0.2, 0) is 0 Å². The molecule has 0 heterocycles. The van der Waals surface area contributed by atoms with Crippen molar-refractivity contribution in [1.82, 2.24) is 0 Å². The third-order valence-electron chi connectivity index (χ3n) is 1.14. The van der Waals surface area contributed by atoms with E-state index in [9.17, 15) is 0 Å². The van der Waals surface area contributed by atoms with Crippen LogP contribution in [0.25, 0.3) is 0 Å². The van der Waals surface area contributed by atoms with Crippen molar-refractivity contribution in [3.63, 3.8) is 0 Å². The molecular formula is C7H6BrNS. The number of thiol groups is 1. The summed E-state index contributed by atoms with van der Waals surface area (Å²) in [6.45, 7) is 0. The molecule has 0 bridgehead atoms. The first-order chi connectivity index (χ1) is 4.72. The molecule has 0 radical (unpaired) electrons. The maximum Gasteiger partial charge on any atom is 0.105 e. The number of benzene rings is 1. The lowest BCUT2D eigenvalue weighted by Gasteiger charge is -1.98. The van der Waals surface area contributed by atoms with Crippen molar-refractivity contribution in [2.45, 2.75) is 4.90 Å². The molecule has 3 heteroatoms. The van der Waals surface area contributed by atoms with Crippen LogP contribution >= 0.6 is 28.6 Å². The Bertz CT molecular complexity index is 260. The molecule has 0 aromatic heterocycles.